The molecule has 0 atom stereocenters. The summed E-state index contributed by atoms with van der Waals surface area (Å²) in [6.07, 6.45) is 8.24. The molecule has 5 nitrogen and oxygen atoms in total. The molecule has 1 heterocycles. The van der Waals surface area contributed by atoms with Crippen LogP contribution in [0.1, 0.15) is 82.3 Å². The fourth-order valence-electron chi connectivity index (χ4n) is 4.63. The lowest BCUT2D eigenvalue weighted by Crippen LogP contribution is -2.47. The summed E-state index contributed by atoms with van der Waals surface area (Å²) in [6, 6.07) is 9.04. The molecule has 0 radical (unpaired) electrons. The third-order valence-electron chi connectivity index (χ3n) is 6.62. The highest BCUT2D eigenvalue weighted by Gasteiger charge is 2.51. The fraction of sp³-hybridized carbons (Fsp3) is 0.652. The van der Waals surface area contributed by atoms with Crippen molar-refractivity contribution in [1.29, 1.82) is 0 Å². The van der Waals surface area contributed by atoms with Crippen molar-refractivity contribution in [3.05, 3.63) is 35.4 Å². The zero-order valence-electron chi connectivity index (χ0n) is 17.2. The van der Waals surface area contributed by atoms with Gasteiger partial charge in [0.2, 0.25) is 0 Å². The maximum absolute atomic E-state index is 13.2. The van der Waals surface area contributed by atoms with Crippen molar-refractivity contribution in [3.63, 3.8) is 0 Å². The molecule has 1 N–H and O–H groups in total. The van der Waals surface area contributed by atoms with Crippen LogP contribution in [0.4, 0.5) is 4.79 Å². The summed E-state index contributed by atoms with van der Waals surface area (Å²) >= 11 is 0. The van der Waals surface area contributed by atoms with E-state index in [1.54, 1.807) is 0 Å². The number of urea groups is 1. The first-order valence-corrected chi connectivity index (χ1v) is 11.0. The Morgan fingerprint density at radius 2 is 1.71 bits per heavy atom. The van der Waals surface area contributed by atoms with E-state index >= 15 is 0 Å². The molecule has 1 aromatic rings. The van der Waals surface area contributed by atoms with Crippen LogP contribution in [0.15, 0.2) is 24.3 Å². The van der Waals surface area contributed by atoms with Crippen molar-refractivity contribution >= 4 is 11.9 Å². The summed E-state index contributed by atoms with van der Waals surface area (Å²) in [4.78, 5) is 29.7. The second-order valence-corrected chi connectivity index (χ2v) is 9.18. The zero-order chi connectivity index (χ0) is 19.7. The molecule has 4 rings (SSSR count). The number of benzene rings is 1. The molecule has 0 aromatic heterocycles. The summed E-state index contributed by atoms with van der Waals surface area (Å²) in [5.74, 6) is 0.524. The lowest BCUT2D eigenvalue weighted by molar-refractivity contribution is -0.133. The van der Waals surface area contributed by atoms with Crippen LogP contribution in [0.5, 0.6) is 0 Å². The molecule has 0 bridgehead atoms. The largest absolute Gasteiger partial charge is 0.326 e. The van der Waals surface area contributed by atoms with E-state index in [9.17, 15) is 9.59 Å². The van der Waals surface area contributed by atoms with Crippen molar-refractivity contribution in [1.82, 2.24) is 15.1 Å². The standard InChI is InChI=1S/C23H33N3O2/c1-17(2)19-9-7-18(8-10-19)15-25(20-11-12-20)16-26-21(27)23(24-22(26)28)13-5-3-4-6-14-23/h7-10,17,20H,3-6,11-16H2,1-2H3,(H,24,28). The molecule has 3 amide bonds. The molecule has 152 valence electrons. The quantitative estimate of drug-likeness (QED) is 0.742. The van der Waals surface area contributed by atoms with Gasteiger partial charge in [-0.05, 0) is 42.7 Å². The van der Waals surface area contributed by atoms with Gasteiger partial charge in [-0.3, -0.25) is 9.69 Å². The van der Waals surface area contributed by atoms with Crippen LogP contribution in [-0.4, -0.2) is 40.0 Å². The van der Waals surface area contributed by atoms with Gasteiger partial charge in [0.15, 0.2) is 0 Å². The molecule has 2 aliphatic carbocycles. The smallest absolute Gasteiger partial charge is 0.323 e. The number of rotatable bonds is 6. The van der Waals surface area contributed by atoms with Crippen LogP contribution >= 0.6 is 0 Å². The van der Waals surface area contributed by atoms with Crippen molar-refractivity contribution in [2.24, 2.45) is 0 Å². The summed E-state index contributed by atoms with van der Waals surface area (Å²) in [5.41, 5.74) is 1.94. The summed E-state index contributed by atoms with van der Waals surface area (Å²) in [7, 11) is 0. The molecule has 1 spiro atoms. The number of hydrogen-bond acceptors (Lipinski definition) is 3. The van der Waals surface area contributed by atoms with E-state index in [0.29, 0.717) is 18.6 Å². The first kappa shape index (κ1) is 19.4. The third-order valence-corrected chi connectivity index (χ3v) is 6.62. The van der Waals surface area contributed by atoms with Crippen LogP contribution in [0, 0.1) is 0 Å². The Kier molecular flexibility index (Phi) is 5.46. The van der Waals surface area contributed by atoms with Gasteiger partial charge < -0.3 is 5.32 Å². The normalized spacial score (nSPS) is 22.2. The number of amides is 3. The van der Waals surface area contributed by atoms with Crippen LogP contribution in [-0.2, 0) is 11.3 Å². The summed E-state index contributed by atoms with van der Waals surface area (Å²) in [6.45, 7) is 5.59. The van der Waals surface area contributed by atoms with Gasteiger partial charge in [-0.25, -0.2) is 9.69 Å². The minimum Gasteiger partial charge on any atom is -0.323 e. The summed E-state index contributed by atoms with van der Waals surface area (Å²) in [5, 5.41) is 3.07. The zero-order valence-corrected chi connectivity index (χ0v) is 17.2. The SMILES string of the molecule is CC(C)c1ccc(CN(CN2C(=O)NC3(CCCCCC3)C2=O)C2CC2)cc1. The van der Waals surface area contributed by atoms with Crippen LogP contribution < -0.4 is 5.32 Å². The Morgan fingerprint density at radius 3 is 2.29 bits per heavy atom. The molecule has 0 unspecified atom stereocenters. The maximum Gasteiger partial charge on any atom is 0.326 e. The van der Waals surface area contributed by atoms with Crippen molar-refractivity contribution in [2.75, 3.05) is 6.67 Å². The molecule has 1 aromatic carbocycles. The van der Waals surface area contributed by atoms with Gasteiger partial charge in [0.25, 0.3) is 5.91 Å². The predicted octanol–water partition coefficient (Wildman–Crippen LogP) is 4.38. The van der Waals surface area contributed by atoms with E-state index in [1.165, 1.54) is 16.0 Å². The Hall–Kier alpha value is -1.88. The van der Waals surface area contributed by atoms with E-state index in [2.05, 4.69) is 48.3 Å². The van der Waals surface area contributed by atoms with Crippen molar-refractivity contribution < 1.29 is 9.59 Å². The van der Waals surface area contributed by atoms with Gasteiger partial charge in [0, 0.05) is 12.6 Å². The molecule has 1 saturated heterocycles. The Morgan fingerprint density at radius 1 is 1.07 bits per heavy atom. The van der Waals surface area contributed by atoms with Crippen LogP contribution in [0.25, 0.3) is 0 Å². The second kappa shape index (κ2) is 7.86. The van der Waals surface area contributed by atoms with Gasteiger partial charge in [-0.2, -0.15) is 0 Å². The maximum atomic E-state index is 13.2. The van der Waals surface area contributed by atoms with E-state index < -0.39 is 5.54 Å². The fourth-order valence-corrected chi connectivity index (χ4v) is 4.63. The van der Waals surface area contributed by atoms with Gasteiger partial charge in [0.05, 0.1) is 6.67 Å². The second-order valence-electron chi connectivity index (χ2n) is 9.18. The van der Waals surface area contributed by atoms with Crippen LogP contribution in [0.3, 0.4) is 0 Å². The minimum atomic E-state index is -0.637. The topological polar surface area (TPSA) is 52.6 Å². The average molecular weight is 384 g/mol. The number of nitrogens with one attached hydrogen (secondary N) is 1. The molecular formula is C23H33N3O2. The summed E-state index contributed by atoms with van der Waals surface area (Å²) < 4.78 is 0. The minimum absolute atomic E-state index is 0.000190. The Labute approximate surface area is 168 Å². The molecule has 3 fully saturated rings. The van der Waals surface area contributed by atoms with Crippen molar-refractivity contribution in [3.8, 4) is 0 Å². The first-order chi connectivity index (χ1) is 13.5. The molecule has 5 heteroatoms. The highest BCUT2D eigenvalue weighted by molar-refractivity contribution is 6.07. The van der Waals surface area contributed by atoms with E-state index in [1.807, 2.05) is 0 Å². The molecular weight excluding hydrogens is 350 g/mol. The molecule has 3 aliphatic rings. The molecule has 1 aliphatic heterocycles. The number of carbonyl (C=O) groups excluding carboxylic acids is 2. The van der Waals surface area contributed by atoms with Gasteiger partial charge in [-0.15, -0.1) is 0 Å². The predicted molar refractivity (Wildman–Crippen MR) is 110 cm³/mol. The number of imide groups is 1. The lowest BCUT2D eigenvalue weighted by atomic mass is 9.90. The van der Waals surface area contributed by atoms with Crippen molar-refractivity contribution in [2.45, 2.75) is 89.3 Å². The third kappa shape index (κ3) is 3.95. The number of hydrogen-bond donors (Lipinski definition) is 1. The lowest BCUT2D eigenvalue weighted by Gasteiger charge is -2.28. The van der Waals surface area contributed by atoms with Gasteiger partial charge >= 0.3 is 6.03 Å². The van der Waals surface area contributed by atoms with Gasteiger partial charge in [0.1, 0.15) is 5.54 Å². The van der Waals surface area contributed by atoms with E-state index in [-0.39, 0.29) is 11.9 Å². The van der Waals surface area contributed by atoms with Gasteiger partial charge in [-0.1, -0.05) is 63.8 Å². The van der Waals surface area contributed by atoms with E-state index in [0.717, 1.165) is 57.9 Å². The first-order valence-electron chi connectivity index (χ1n) is 11.0. The monoisotopic (exact) mass is 383 g/mol. The number of carbonyl (C=O) groups is 2. The highest BCUT2D eigenvalue weighted by Crippen LogP contribution is 2.34. The number of nitrogens with zero attached hydrogens (tertiary/aromatic N) is 2. The highest BCUT2D eigenvalue weighted by atomic mass is 16.2. The Bertz CT molecular complexity index is 716. The molecule has 28 heavy (non-hydrogen) atoms. The average Bonchev–Trinajstić information content (AvgIpc) is 3.50. The molecule has 2 saturated carbocycles. The van der Waals surface area contributed by atoms with Crippen LogP contribution in [0.2, 0.25) is 0 Å². The van der Waals surface area contributed by atoms with E-state index in [4.69, 9.17) is 0 Å². The Balaban J connectivity index is 1.46.